The second-order valence-electron chi connectivity index (χ2n) is 13.0. The van der Waals surface area contributed by atoms with Gasteiger partial charge in [0.25, 0.3) is 0 Å². The second kappa shape index (κ2) is 13.7. The van der Waals surface area contributed by atoms with Gasteiger partial charge in [0.15, 0.2) is 0 Å². The van der Waals surface area contributed by atoms with Crippen LogP contribution in [0.25, 0.3) is 20.7 Å². The summed E-state index contributed by atoms with van der Waals surface area (Å²) in [5.41, 5.74) is 5.25. The number of nitrogens with one attached hydrogen (secondary N) is 1. The van der Waals surface area contributed by atoms with Crippen LogP contribution in [0, 0.1) is 17.7 Å². The molecule has 0 saturated carbocycles. The fraction of sp³-hybridized carbons (Fsp3) is 0.417. The molecule has 10 heteroatoms. The molecule has 7 nitrogen and oxygen atoms in total. The van der Waals surface area contributed by atoms with Crippen molar-refractivity contribution in [2.45, 2.75) is 65.5 Å². The third-order valence-electron chi connectivity index (χ3n) is 9.26. The van der Waals surface area contributed by atoms with Crippen LogP contribution in [-0.4, -0.2) is 44.3 Å². The van der Waals surface area contributed by atoms with Crippen molar-refractivity contribution in [1.29, 1.82) is 0 Å². The number of benzene rings is 2. The van der Waals surface area contributed by atoms with Gasteiger partial charge in [-0.25, -0.2) is 14.4 Å². The zero-order valence-corrected chi connectivity index (χ0v) is 28.0. The fourth-order valence-electron chi connectivity index (χ4n) is 6.61. The van der Waals surface area contributed by atoms with Gasteiger partial charge in [0.2, 0.25) is 0 Å². The molecule has 3 aromatic heterocycles. The van der Waals surface area contributed by atoms with Crippen molar-refractivity contribution in [1.82, 2.24) is 24.6 Å². The first kappa shape index (κ1) is 31.1. The Morgan fingerprint density at radius 1 is 1.09 bits per heavy atom. The summed E-state index contributed by atoms with van der Waals surface area (Å²) in [7, 11) is 0. The number of hydrogen-bond acceptors (Lipinski definition) is 7. The van der Waals surface area contributed by atoms with E-state index in [-0.39, 0.29) is 12.4 Å². The van der Waals surface area contributed by atoms with Crippen molar-refractivity contribution >= 4 is 44.7 Å². The number of aryl methyl sites for hydroxylation is 3. The van der Waals surface area contributed by atoms with Crippen LogP contribution in [0.15, 0.2) is 55.0 Å². The SMILES string of the molecule is CC(C)CCN1CCC(CCn2cc3c(n2)CCc2c-3sc3ncnc(Nc4ccc(OCc5cccc(F)c5)c(Cl)c4)c23)CC1. The topological polar surface area (TPSA) is 68.1 Å². The van der Waals surface area contributed by atoms with Crippen LogP contribution in [0.3, 0.4) is 0 Å². The first-order valence-electron chi connectivity index (χ1n) is 16.4. The second-order valence-corrected chi connectivity index (χ2v) is 14.4. The average molecular weight is 659 g/mol. The molecule has 1 aliphatic carbocycles. The Balaban J connectivity index is 1.03. The van der Waals surface area contributed by atoms with E-state index in [1.807, 2.05) is 24.3 Å². The maximum Gasteiger partial charge on any atom is 0.142 e. The third kappa shape index (κ3) is 6.92. The van der Waals surface area contributed by atoms with Crippen LogP contribution in [0.2, 0.25) is 5.02 Å². The Labute approximate surface area is 278 Å². The van der Waals surface area contributed by atoms with E-state index in [0.717, 1.165) is 58.5 Å². The number of nitrogens with zero attached hydrogens (tertiary/aromatic N) is 5. The smallest absolute Gasteiger partial charge is 0.142 e. The van der Waals surface area contributed by atoms with Gasteiger partial charge in [-0.2, -0.15) is 5.10 Å². The molecule has 0 atom stereocenters. The Bertz CT molecular complexity index is 1830. The Morgan fingerprint density at radius 2 is 1.96 bits per heavy atom. The molecule has 1 fully saturated rings. The minimum absolute atomic E-state index is 0.230. The minimum atomic E-state index is -0.289. The molecular formula is C36H40ClFN6OS. The average Bonchev–Trinajstić information content (AvgIpc) is 3.65. The molecule has 5 aromatic rings. The van der Waals surface area contributed by atoms with E-state index in [9.17, 15) is 4.39 Å². The minimum Gasteiger partial charge on any atom is -0.487 e. The van der Waals surface area contributed by atoms with Crippen molar-refractivity contribution in [3.05, 3.63) is 82.6 Å². The number of hydrogen-bond donors (Lipinski definition) is 1. The number of halogens is 2. The zero-order valence-electron chi connectivity index (χ0n) is 26.4. The molecule has 2 aromatic carbocycles. The van der Waals surface area contributed by atoms with Gasteiger partial charge < -0.3 is 15.0 Å². The van der Waals surface area contributed by atoms with Gasteiger partial charge in [0.1, 0.15) is 35.1 Å². The predicted octanol–water partition coefficient (Wildman–Crippen LogP) is 8.92. The first-order valence-corrected chi connectivity index (χ1v) is 17.6. The number of likely N-dealkylation sites (tertiary alicyclic amines) is 1. The quantitative estimate of drug-likeness (QED) is 0.153. The standard InChI is InChI=1S/C36H40ClFN6OS/c1-23(2)10-14-43-15-11-24(12-16-43)13-17-44-20-29-31(42-44)8-7-28-33-35(39-22-40-36(33)46-34(28)29)41-27-6-9-32(30(37)19-27)45-21-25-4-3-5-26(38)18-25/h3-6,9,18-20,22-24H,7-8,10-17,21H2,1-2H3,(H,39,40,41). The lowest BCUT2D eigenvalue weighted by Crippen LogP contribution is -2.35. The van der Waals surface area contributed by atoms with E-state index >= 15 is 0 Å². The molecule has 240 valence electrons. The monoisotopic (exact) mass is 658 g/mol. The van der Waals surface area contributed by atoms with Gasteiger partial charge >= 0.3 is 0 Å². The summed E-state index contributed by atoms with van der Waals surface area (Å²) in [5.74, 6) is 2.57. The van der Waals surface area contributed by atoms with E-state index < -0.39 is 0 Å². The highest BCUT2D eigenvalue weighted by atomic mass is 35.5. The van der Waals surface area contributed by atoms with Gasteiger partial charge in [-0.15, -0.1) is 11.3 Å². The highest BCUT2D eigenvalue weighted by Gasteiger charge is 2.27. The molecule has 2 aliphatic rings. The molecule has 0 radical (unpaired) electrons. The van der Waals surface area contributed by atoms with Crippen molar-refractivity contribution in [3.8, 4) is 16.2 Å². The molecule has 1 N–H and O–H groups in total. The van der Waals surface area contributed by atoms with E-state index in [1.165, 1.54) is 79.1 Å². The maximum atomic E-state index is 13.5. The molecule has 0 amide bonds. The lowest BCUT2D eigenvalue weighted by Gasteiger charge is -2.32. The van der Waals surface area contributed by atoms with Gasteiger partial charge in [-0.3, -0.25) is 4.68 Å². The molecule has 1 aliphatic heterocycles. The number of thiophene rings is 1. The third-order valence-corrected chi connectivity index (χ3v) is 10.7. The molecular weight excluding hydrogens is 619 g/mol. The normalized spacial score (nSPS) is 15.3. The molecule has 7 rings (SSSR count). The van der Waals surface area contributed by atoms with Gasteiger partial charge in [-0.1, -0.05) is 37.6 Å². The van der Waals surface area contributed by atoms with Gasteiger partial charge in [0, 0.05) is 28.9 Å². The largest absolute Gasteiger partial charge is 0.487 e. The summed E-state index contributed by atoms with van der Waals surface area (Å²) in [6.07, 6.45) is 10.8. The van der Waals surface area contributed by atoms with Crippen LogP contribution in [0.5, 0.6) is 5.75 Å². The van der Waals surface area contributed by atoms with E-state index in [2.05, 4.69) is 44.9 Å². The van der Waals surface area contributed by atoms with Gasteiger partial charge in [0.05, 0.1) is 16.1 Å². The number of piperidine rings is 1. The fourth-order valence-corrected chi connectivity index (χ4v) is 8.07. The Hall–Kier alpha value is -3.53. The molecule has 46 heavy (non-hydrogen) atoms. The van der Waals surface area contributed by atoms with Crippen molar-refractivity contribution in [3.63, 3.8) is 0 Å². The first-order chi connectivity index (χ1) is 22.4. The predicted molar refractivity (Wildman–Crippen MR) is 185 cm³/mol. The molecule has 4 heterocycles. The highest BCUT2D eigenvalue weighted by Crippen LogP contribution is 2.45. The summed E-state index contributed by atoms with van der Waals surface area (Å²) in [6.45, 7) is 9.53. The lowest BCUT2D eigenvalue weighted by atomic mass is 9.93. The van der Waals surface area contributed by atoms with Crippen molar-refractivity contribution < 1.29 is 9.13 Å². The summed E-state index contributed by atoms with van der Waals surface area (Å²) in [6, 6.07) is 11.9. The van der Waals surface area contributed by atoms with Crippen molar-refractivity contribution in [2.75, 3.05) is 25.0 Å². The van der Waals surface area contributed by atoms with Gasteiger partial charge in [-0.05, 0) is 111 Å². The molecule has 0 bridgehead atoms. The van der Waals surface area contributed by atoms with Crippen LogP contribution in [0.4, 0.5) is 15.9 Å². The number of ether oxygens (including phenoxy) is 1. The zero-order chi connectivity index (χ0) is 31.6. The molecule has 0 spiro atoms. The Kier molecular flexibility index (Phi) is 9.24. The summed E-state index contributed by atoms with van der Waals surface area (Å²) >= 11 is 8.31. The van der Waals surface area contributed by atoms with Crippen molar-refractivity contribution in [2.24, 2.45) is 11.8 Å². The Morgan fingerprint density at radius 3 is 2.76 bits per heavy atom. The number of rotatable bonds is 11. The number of fused-ring (bicyclic) bond motifs is 5. The van der Waals surface area contributed by atoms with E-state index in [4.69, 9.17) is 21.4 Å². The summed E-state index contributed by atoms with van der Waals surface area (Å²) in [5, 5.41) is 10.0. The number of anilines is 2. The van der Waals surface area contributed by atoms with Crippen LogP contribution >= 0.6 is 22.9 Å². The van der Waals surface area contributed by atoms with Crippen LogP contribution in [0.1, 0.15) is 56.4 Å². The lowest BCUT2D eigenvalue weighted by molar-refractivity contribution is 0.168. The number of aromatic nitrogens is 4. The maximum absolute atomic E-state index is 13.5. The molecule has 1 saturated heterocycles. The van der Waals surface area contributed by atoms with E-state index in [1.54, 1.807) is 23.7 Å². The van der Waals surface area contributed by atoms with Crippen LogP contribution < -0.4 is 10.1 Å². The van der Waals surface area contributed by atoms with Crippen LogP contribution in [-0.2, 0) is 26.0 Å². The van der Waals surface area contributed by atoms with E-state index in [0.29, 0.717) is 10.8 Å². The summed E-state index contributed by atoms with van der Waals surface area (Å²) in [4.78, 5) is 14.2. The molecule has 0 unspecified atom stereocenters. The highest BCUT2D eigenvalue weighted by molar-refractivity contribution is 7.22. The summed E-state index contributed by atoms with van der Waals surface area (Å²) < 4.78 is 21.6.